The Bertz CT molecular complexity index is 212. The predicted octanol–water partition coefficient (Wildman–Crippen LogP) is 0.344. The molecule has 0 saturated carbocycles. The van der Waals surface area contributed by atoms with E-state index in [4.69, 9.17) is 10.3 Å². The lowest BCUT2D eigenvalue weighted by Gasteiger charge is -2.08. The lowest BCUT2D eigenvalue weighted by atomic mass is 10.1. The van der Waals surface area contributed by atoms with Gasteiger partial charge >= 0.3 is 5.97 Å². The number of aldehydes is 1. The minimum absolute atomic E-state index is 0.153. The van der Waals surface area contributed by atoms with Crippen molar-refractivity contribution >= 4 is 12.3 Å². The lowest BCUT2D eigenvalue weighted by molar-refractivity contribution is -0.132. The summed E-state index contributed by atoms with van der Waals surface area (Å²) in [5, 5.41) is 17.0. The predicted molar refractivity (Wildman–Crippen MR) is 45.4 cm³/mol. The number of nitrogens with one attached hydrogen (secondary N) is 1. The maximum Gasteiger partial charge on any atom is 0.330 e. The first-order valence-corrected chi connectivity index (χ1v) is 3.85. The smallest absolute Gasteiger partial charge is 0.330 e. The Morgan fingerprint density at radius 1 is 1.54 bits per heavy atom. The Labute approximate surface area is 76.0 Å². The van der Waals surface area contributed by atoms with Crippen molar-refractivity contribution in [1.82, 2.24) is 5.48 Å². The van der Waals surface area contributed by atoms with Crippen molar-refractivity contribution in [3.8, 4) is 0 Å². The number of rotatable bonds is 6. The van der Waals surface area contributed by atoms with E-state index in [-0.39, 0.29) is 12.0 Å². The van der Waals surface area contributed by atoms with E-state index in [9.17, 15) is 9.59 Å². The van der Waals surface area contributed by atoms with Crippen LogP contribution in [-0.2, 0) is 9.59 Å². The van der Waals surface area contributed by atoms with Gasteiger partial charge in [0, 0.05) is 18.0 Å². The van der Waals surface area contributed by atoms with Crippen LogP contribution in [-0.4, -0.2) is 28.6 Å². The number of hydrogen-bond acceptors (Lipinski definition) is 4. The van der Waals surface area contributed by atoms with Crippen molar-refractivity contribution in [2.24, 2.45) is 0 Å². The number of aliphatic carboxylic acids is 1. The summed E-state index contributed by atoms with van der Waals surface area (Å²) in [5.74, 6) is -0.997. The van der Waals surface area contributed by atoms with E-state index in [0.29, 0.717) is 12.7 Å². The van der Waals surface area contributed by atoms with Crippen molar-refractivity contribution in [3.63, 3.8) is 0 Å². The Hall–Kier alpha value is -1.20. The molecule has 13 heavy (non-hydrogen) atoms. The van der Waals surface area contributed by atoms with E-state index < -0.39 is 12.0 Å². The molecule has 1 atom stereocenters. The van der Waals surface area contributed by atoms with Crippen LogP contribution in [0.2, 0.25) is 0 Å². The van der Waals surface area contributed by atoms with Gasteiger partial charge in [0.2, 0.25) is 0 Å². The fourth-order valence-corrected chi connectivity index (χ4v) is 0.724. The summed E-state index contributed by atoms with van der Waals surface area (Å²) in [7, 11) is 0. The lowest BCUT2D eigenvalue weighted by Crippen LogP contribution is -2.25. The number of carbonyl (C=O) groups is 2. The summed E-state index contributed by atoms with van der Waals surface area (Å²) in [4.78, 5) is 20.4. The molecular formula is C8H13NO4. The molecule has 5 heteroatoms. The molecule has 3 N–H and O–H groups in total. The SMILES string of the molecule is CC(=CCC(CC=O)NO)C(=O)O. The molecule has 0 saturated heterocycles. The zero-order valence-electron chi connectivity index (χ0n) is 7.36. The van der Waals surface area contributed by atoms with E-state index in [1.54, 1.807) is 0 Å². The van der Waals surface area contributed by atoms with Crippen molar-refractivity contribution in [1.29, 1.82) is 0 Å². The normalized spacial score (nSPS) is 13.8. The highest BCUT2D eigenvalue weighted by molar-refractivity contribution is 5.85. The van der Waals surface area contributed by atoms with Gasteiger partial charge in [-0.1, -0.05) is 6.08 Å². The molecule has 0 aromatic heterocycles. The van der Waals surface area contributed by atoms with Crippen molar-refractivity contribution in [2.75, 3.05) is 0 Å². The molecule has 0 aliphatic rings. The second kappa shape index (κ2) is 6.33. The quantitative estimate of drug-likeness (QED) is 0.317. The van der Waals surface area contributed by atoms with E-state index >= 15 is 0 Å². The van der Waals surface area contributed by atoms with Gasteiger partial charge in [-0.25, -0.2) is 10.3 Å². The minimum Gasteiger partial charge on any atom is -0.478 e. The molecule has 0 aromatic rings. The molecule has 5 nitrogen and oxygen atoms in total. The van der Waals surface area contributed by atoms with Crippen LogP contribution >= 0.6 is 0 Å². The zero-order valence-corrected chi connectivity index (χ0v) is 7.36. The summed E-state index contributed by atoms with van der Waals surface area (Å²) >= 11 is 0. The van der Waals surface area contributed by atoms with Gasteiger partial charge in [-0.2, -0.15) is 0 Å². The maximum absolute atomic E-state index is 10.3. The molecule has 0 aliphatic heterocycles. The average molecular weight is 187 g/mol. The molecule has 1 unspecified atom stereocenters. The largest absolute Gasteiger partial charge is 0.478 e. The van der Waals surface area contributed by atoms with Crippen LogP contribution in [0.3, 0.4) is 0 Å². The second-order valence-electron chi connectivity index (χ2n) is 2.66. The molecule has 0 aromatic carbocycles. The van der Waals surface area contributed by atoms with Crippen molar-refractivity contribution in [3.05, 3.63) is 11.6 Å². The molecule has 0 heterocycles. The van der Waals surface area contributed by atoms with Gasteiger partial charge in [-0.3, -0.25) is 0 Å². The number of hydrogen-bond donors (Lipinski definition) is 3. The molecule has 0 rings (SSSR count). The van der Waals surface area contributed by atoms with Crippen LogP contribution in [0, 0.1) is 0 Å². The minimum atomic E-state index is -0.997. The number of carboxylic acids is 1. The van der Waals surface area contributed by atoms with Gasteiger partial charge in [0.1, 0.15) is 6.29 Å². The molecule has 0 amide bonds. The third-order valence-corrected chi connectivity index (χ3v) is 1.61. The van der Waals surface area contributed by atoms with Crippen LogP contribution in [0.1, 0.15) is 19.8 Å². The molecule has 0 radical (unpaired) electrons. The fourth-order valence-electron chi connectivity index (χ4n) is 0.724. The maximum atomic E-state index is 10.3. The van der Waals surface area contributed by atoms with E-state index in [2.05, 4.69) is 0 Å². The van der Waals surface area contributed by atoms with Gasteiger partial charge in [0.05, 0.1) is 0 Å². The summed E-state index contributed by atoms with van der Waals surface area (Å²) in [6.07, 6.45) is 2.59. The summed E-state index contributed by atoms with van der Waals surface area (Å²) < 4.78 is 0. The first-order chi connectivity index (χ1) is 6.11. The monoisotopic (exact) mass is 187 g/mol. The van der Waals surface area contributed by atoms with Crippen molar-refractivity contribution < 1.29 is 19.9 Å². The number of carboxylic acid groups (broad SMARTS) is 1. The van der Waals surface area contributed by atoms with Crippen LogP contribution in [0.15, 0.2) is 11.6 Å². The molecule has 0 aliphatic carbocycles. The molecular weight excluding hydrogens is 174 g/mol. The van der Waals surface area contributed by atoms with Gasteiger partial charge in [-0.15, -0.1) is 0 Å². The highest BCUT2D eigenvalue weighted by Gasteiger charge is 2.05. The molecule has 0 fully saturated rings. The summed E-state index contributed by atoms with van der Waals surface area (Å²) in [6, 6.07) is -0.410. The van der Waals surface area contributed by atoms with Gasteiger partial charge in [0.15, 0.2) is 0 Å². The molecule has 74 valence electrons. The Morgan fingerprint density at radius 2 is 2.15 bits per heavy atom. The Morgan fingerprint density at radius 3 is 2.54 bits per heavy atom. The Kier molecular flexibility index (Phi) is 5.75. The second-order valence-corrected chi connectivity index (χ2v) is 2.66. The van der Waals surface area contributed by atoms with Crippen LogP contribution in [0.5, 0.6) is 0 Å². The molecule has 0 bridgehead atoms. The van der Waals surface area contributed by atoms with Gasteiger partial charge in [-0.05, 0) is 13.3 Å². The average Bonchev–Trinajstić information content (AvgIpc) is 2.11. The Balaban J connectivity index is 4.02. The highest BCUT2D eigenvalue weighted by atomic mass is 16.5. The van der Waals surface area contributed by atoms with Crippen LogP contribution in [0.25, 0.3) is 0 Å². The third kappa shape index (κ3) is 5.10. The fraction of sp³-hybridized carbons (Fsp3) is 0.500. The van der Waals surface area contributed by atoms with Gasteiger partial charge < -0.3 is 15.1 Å². The first kappa shape index (κ1) is 11.8. The van der Waals surface area contributed by atoms with E-state index in [1.165, 1.54) is 13.0 Å². The summed E-state index contributed by atoms with van der Waals surface area (Å²) in [5.41, 5.74) is 2.13. The van der Waals surface area contributed by atoms with E-state index in [1.807, 2.05) is 5.48 Å². The highest BCUT2D eigenvalue weighted by Crippen LogP contribution is 2.01. The first-order valence-electron chi connectivity index (χ1n) is 3.85. The molecule has 0 spiro atoms. The van der Waals surface area contributed by atoms with Crippen LogP contribution in [0.4, 0.5) is 0 Å². The van der Waals surface area contributed by atoms with Crippen molar-refractivity contribution in [2.45, 2.75) is 25.8 Å². The number of hydroxylamine groups is 1. The summed E-state index contributed by atoms with van der Waals surface area (Å²) in [6.45, 7) is 1.46. The van der Waals surface area contributed by atoms with Crippen LogP contribution < -0.4 is 5.48 Å². The van der Waals surface area contributed by atoms with Gasteiger partial charge in [0.25, 0.3) is 0 Å². The topological polar surface area (TPSA) is 86.6 Å². The third-order valence-electron chi connectivity index (χ3n) is 1.61. The number of carbonyl (C=O) groups excluding carboxylic acids is 1. The standard InChI is InChI=1S/C8H13NO4/c1-6(8(11)12)2-3-7(9-13)4-5-10/h2,5,7,9,13H,3-4H2,1H3,(H,11,12). The zero-order chi connectivity index (χ0) is 10.3. The van der Waals surface area contributed by atoms with E-state index in [0.717, 1.165) is 0 Å².